The summed E-state index contributed by atoms with van der Waals surface area (Å²) in [6.45, 7) is 1.38. The lowest BCUT2D eigenvalue weighted by molar-refractivity contribution is -0.130. The van der Waals surface area contributed by atoms with E-state index in [0.717, 1.165) is 31.4 Å². The lowest BCUT2D eigenvalue weighted by atomic mass is 10.1. The molecule has 1 fully saturated rings. The fourth-order valence-corrected chi connectivity index (χ4v) is 3.35. The Morgan fingerprint density at radius 3 is 2.85 bits per heavy atom. The Bertz CT molecular complexity index is 882. The Morgan fingerprint density at radius 1 is 1.15 bits per heavy atom. The van der Waals surface area contributed by atoms with Gasteiger partial charge >= 0.3 is 0 Å². The van der Waals surface area contributed by atoms with Gasteiger partial charge in [-0.05, 0) is 49.1 Å². The van der Waals surface area contributed by atoms with Gasteiger partial charge in [-0.15, -0.1) is 10.2 Å². The fourth-order valence-electron chi connectivity index (χ4n) is 3.35. The molecule has 1 saturated heterocycles. The summed E-state index contributed by atoms with van der Waals surface area (Å²) in [6, 6.07) is 7.70. The third kappa shape index (κ3) is 4.19. The monoisotopic (exact) mass is 363 g/mol. The van der Waals surface area contributed by atoms with Crippen molar-refractivity contribution in [2.24, 2.45) is 0 Å². The van der Waals surface area contributed by atoms with Crippen LogP contribution in [0.3, 0.4) is 0 Å². The minimum Gasteiger partial charge on any atom is -0.420 e. The van der Waals surface area contributed by atoms with E-state index in [2.05, 4.69) is 20.2 Å². The summed E-state index contributed by atoms with van der Waals surface area (Å²) < 4.78 is 5.81. The summed E-state index contributed by atoms with van der Waals surface area (Å²) in [5.74, 6) is 1.37. The molecule has 0 saturated carbocycles. The molecule has 0 spiro atoms. The quantitative estimate of drug-likeness (QED) is 0.669. The molecule has 3 aromatic heterocycles. The lowest BCUT2D eigenvalue weighted by Crippen LogP contribution is -2.28. The van der Waals surface area contributed by atoms with Crippen molar-refractivity contribution < 1.29 is 9.21 Å². The van der Waals surface area contributed by atoms with E-state index in [1.807, 2.05) is 29.2 Å². The first-order chi connectivity index (χ1) is 13.3. The average Bonchev–Trinajstić information content (AvgIpc) is 3.39. The van der Waals surface area contributed by atoms with Crippen molar-refractivity contribution >= 4 is 5.91 Å². The largest absolute Gasteiger partial charge is 0.420 e. The summed E-state index contributed by atoms with van der Waals surface area (Å²) in [7, 11) is 0. The summed E-state index contributed by atoms with van der Waals surface area (Å²) in [4.78, 5) is 22.5. The highest BCUT2D eigenvalue weighted by molar-refractivity contribution is 5.76. The lowest BCUT2D eigenvalue weighted by Gasteiger charge is -2.15. The van der Waals surface area contributed by atoms with E-state index in [0.29, 0.717) is 24.7 Å². The van der Waals surface area contributed by atoms with Gasteiger partial charge in [-0.1, -0.05) is 0 Å². The van der Waals surface area contributed by atoms with Gasteiger partial charge in [0.05, 0.1) is 11.5 Å². The van der Waals surface area contributed by atoms with Crippen molar-refractivity contribution in [1.82, 2.24) is 25.1 Å². The second kappa shape index (κ2) is 8.07. The van der Waals surface area contributed by atoms with Crippen molar-refractivity contribution in [3.05, 3.63) is 60.5 Å². The van der Waals surface area contributed by atoms with E-state index >= 15 is 0 Å². The zero-order chi connectivity index (χ0) is 18.5. The van der Waals surface area contributed by atoms with Gasteiger partial charge in [-0.25, -0.2) is 0 Å². The van der Waals surface area contributed by atoms with Crippen LogP contribution in [0.25, 0.3) is 11.5 Å². The van der Waals surface area contributed by atoms with Crippen molar-refractivity contribution in [1.29, 1.82) is 0 Å². The molecular weight excluding hydrogens is 342 g/mol. The van der Waals surface area contributed by atoms with Crippen LogP contribution in [0.4, 0.5) is 0 Å². The number of hydrogen-bond acceptors (Lipinski definition) is 6. The van der Waals surface area contributed by atoms with Gasteiger partial charge < -0.3 is 9.32 Å². The Balaban J connectivity index is 1.29. The second-order valence-electron chi connectivity index (χ2n) is 6.72. The highest BCUT2D eigenvalue weighted by Gasteiger charge is 2.30. The molecule has 27 heavy (non-hydrogen) atoms. The van der Waals surface area contributed by atoms with Gasteiger partial charge in [0.2, 0.25) is 17.7 Å². The Morgan fingerprint density at radius 2 is 2.04 bits per heavy atom. The molecule has 0 bridgehead atoms. The number of carbonyl (C=O) groups excluding carboxylic acids is 1. The average molecular weight is 363 g/mol. The van der Waals surface area contributed by atoms with Crippen LogP contribution in [0.2, 0.25) is 0 Å². The summed E-state index contributed by atoms with van der Waals surface area (Å²) in [5.41, 5.74) is 2.02. The summed E-state index contributed by atoms with van der Waals surface area (Å²) in [5, 5.41) is 8.30. The number of pyridine rings is 2. The third-order valence-electron chi connectivity index (χ3n) is 4.84. The first-order valence-corrected chi connectivity index (χ1v) is 9.20. The maximum atomic E-state index is 12.5. The Labute approximate surface area is 157 Å². The summed E-state index contributed by atoms with van der Waals surface area (Å²) in [6.07, 6.45) is 10.1. The van der Waals surface area contributed by atoms with Crippen LogP contribution in [0, 0.1) is 0 Å². The van der Waals surface area contributed by atoms with Gasteiger partial charge in [0, 0.05) is 44.3 Å². The zero-order valence-corrected chi connectivity index (χ0v) is 15.0. The molecule has 1 atom stereocenters. The van der Waals surface area contributed by atoms with Crippen molar-refractivity contribution in [2.45, 2.75) is 31.6 Å². The number of rotatable bonds is 6. The molecule has 0 aromatic carbocycles. The Hall–Kier alpha value is -3.09. The van der Waals surface area contributed by atoms with E-state index in [-0.39, 0.29) is 11.8 Å². The first-order valence-electron chi connectivity index (χ1n) is 9.20. The number of carbonyl (C=O) groups is 1. The van der Waals surface area contributed by atoms with Gasteiger partial charge in [0.25, 0.3) is 0 Å². The van der Waals surface area contributed by atoms with E-state index in [1.54, 1.807) is 24.8 Å². The number of aromatic nitrogens is 4. The summed E-state index contributed by atoms with van der Waals surface area (Å²) >= 11 is 0. The molecule has 7 heteroatoms. The minimum absolute atomic E-state index is 0.104. The molecule has 0 aliphatic carbocycles. The van der Waals surface area contributed by atoms with E-state index in [4.69, 9.17) is 4.42 Å². The van der Waals surface area contributed by atoms with Gasteiger partial charge in [0.15, 0.2) is 0 Å². The molecule has 1 amide bonds. The van der Waals surface area contributed by atoms with E-state index in [1.165, 1.54) is 5.56 Å². The molecule has 1 unspecified atom stereocenters. The smallest absolute Gasteiger partial charge is 0.249 e. The molecule has 1 aliphatic heterocycles. The van der Waals surface area contributed by atoms with Crippen LogP contribution >= 0.6 is 0 Å². The molecule has 0 radical (unpaired) electrons. The predicted octanol–water partition coefficient (Wildman–Crippen LogP) is 2.87. The normalized spacial score (nSPS) is 16.6. The molecule has 138 valence electrons. The number of hydrogen-bond donors (Lipinski definition) is 0. The van der Waals surface area contributed by atoms with Crippen LogP contribution in [-0.2, 0) is 11.2 Å². The topological polar surface area (TPSA) is 85.0 Å². The van der Waals surface area contributed by atoms with Gasteiger partial charge in [0.1, 0.15) is 0 Å². The van der Waals surface area contributed by atoms with E-state index < -0.39 is 0 Å². The van der Waals surface area contributed by atoms with E-state index in [9.17, 15) is 4.79 Å². The zero-order valence-electron chi connectivity index (χ0n) is 15.0. The molecule has 0 N–H and O–H groups in total. The maximum absolute atomic E-state index is 12.5. The molecule has 1 aliphatic rings. The third-order valence-corrected chi connectivity index (χ3v) is 4.84. The molecule has 4 rings (SSSR count). The van der Waals surface area contributed by atoms with Gasteiger partial charge in [-0.2, -0.15) is 0 Å². The fraction of sp³-hybridized carbons (Fsp3) is 0.350. The number of likely N-dealkylation sites (tertiary alicyclic amines) is 1. The Kier molecular flexibility index (Phi) is 5.18. The predicted molar refractivity (Wildman–Crippen MR) is 98.6 cm³/mol. The van der Waals surface area contributed by atoms with Crippen LogP contribution < -0.4 is 0 Å². The molecule has 3 aromatic rings. The number of aryl methyl sites for hydroxylation is 1. The second-order valence-corrected chi connectivity index (χ2v) is 6.72. The van der Waals surface area contributed by atoms with Crippen molar-refractivity contribution in [3.63, 3.8) is 0 Å². The van der Waals surface area contributed by atoms with Crippen LogP contribution in [0.5, 0.6) is 0 Å². The van der Waals surface area contributed by atoms with Crippen LogP contribution in [0.15, 0.2) is 53.5 Å². The van der Waals surface area contributed by atoms with Crippen molar-refractivity contribution in [2.75, 3.05) is 13.1 Å². The van der Waals surface area contributed by atoms with Crippen LogP contribution in [-0.4, -0.2) is 44.1 Å². The number of amides is 1. The van der Waals surface area contributed by atoms with Gasteiger partial charge in [-0.3, -0.25) is 14.8 Å². The molecule has 7 nitrogen and oxygen atoms in total. The SMILES string of the molecule is O=C(CCCc1ccncc1)N1CCC(c2nnc(-c3cccnc3)o2)C1. The highest BCUT2D eigenvalue weighted by Crippen LogP contribution is 2.28. The molecular formula is C20H21N5O2. The molecule has 4 heterocycles. The standard InChI is InChI=1S/C20H21N5O2/c26-18(5-1-3-15-6-10-21-11-7-15)25-12-8-17(14-25)20-24-23-19(27-20)16-4-2-9-22-13-16/h2,4,6-7,9-11,13,17H,1,3,5,8,12,14H2. The van der Waals surface area contributed by atoms with Crippen LogP contribution in [0.1, 0.15) is 36.6 Å². The number of nitrogens with zero attached hydrogens (tertiary/aromatic N) is 5. The highest BCUT2D eigenvalue weighted by atomic mass is 16.4. The van der Waals surface area contributed by atoms with Crippen molar-refractivity contribution in [3.8, 4) is 11.5 Å². The maximum Gasteiger partial charge on any atom is 0.249 e. The minimum atomic E-state index is 0.104. The first kappa shape index (κ1) is 17.3.